The molecule has 2 rings (SSSR count). The first-order chi connectivity index (χ1) is 10.7. The molecule has 0 amide bonds. The van der Waals surface area contributed by atoms with E-state index in [2.05, 4.69) is 5.32 Å². The van der Waals surface area contributed by atoms with Crippen LogP contribution in [0.3, 0.4) is 0 Å². The van der Waals surface area contributed by atoms with Gasteiger partial charge >= 0.3 is 0 Å². The van der Waals surface area contributed by atoms with Crippen molar-refractivity contribution < 1.29 is 18.9 Å². The molecule has 0 radical (unpaired) electrons. The summed E-state index contributed by atoms with van der Waals surface area (Å²) < 4.78 is 21.1. The lowest BCUT2D eigenvalue weighted by Gasteiger charge is -2.14. The highest BCUT2D eigenvalue weighted by Crippen LogP contribution is 2.31. The second kappa shape index (κ2) is 7.45. The predicted octanol–water partition coefficient (Wildman–Crippen LogP) is 3.33. The van der Waals surface area contributed by atoms with Crippen LogP contribution in [0, 0.1) is 0 Å². The van der Waals surface area contributed by atoms with Crippen molar-refractivity contribution in [1.29, 1.82) is 0 Å². The second-order valence-corrected chi connectivity index (χ2v) is 4.61. The van der Waals surface area contributed by atoms with Gasteiger partial charge in [-0.15, -0.1) is 0 Å². The van der Waals surface area contributed by atoms with Gasteiger partial charge in [0, 0.05) is 12.6 Å². The van der Waals surface area contributed by atoms with Crippen LogP contribution in [0.2, 0.25) is 0 Å². The van der Waals surface area contributed by atoms with Gasteiger partial charge in [0.05, 0.1) is 34.1 Å². The van der Waals surface area contributed by atoms with Crippen LogP contribution in [0.15, 0.2) is 36.4 Å². The van der Waals surface area contributed by atoms with Gasteiger partial charge in [0.1, 0.15) is 11.5 Å². The monoisotopic (exact) mass is 303 g/mol. The summed E-state index contributed by atoms with van der Waals surface area (Å²) in [5.41, 5.74) is 1.98. The van der Waals surface area contributed by atoms with Crippen molar-refractivity contribution in [3.05, 3.63) is 42.0 Å². The van der Waals surface area contributed by atoms with Crippen molar-refractivity contribution in [2.24, 2.45) is 0 Å². The SMILES string of the molecule is COc1ccc(NCc2ccc(OC)c(OC)c2)c(OC)c1. The van der Waals surface area contributed by atoms with Crippen molar-refractivity contribution in [3.63, 3.8) is 0 Å². The van der Waals surface area contributed by atoms with Gasteiger partial charge in [-0.1, -0.05) is 6.07 Å². The maximum atomic E-state index is 5.37. The Kier molecular flexibility index (Phi) is 5.36. The van der Waals surface area contributed by atoms with Gasteiger partial charge in [0.2, 0.25) is 0 Å². The number of nitrogens with one attached hydrogen (secondary N) is 1. The summed E-state index contributed by atoms with van der Waals surface area (Å²) in [6, 6.07) is 11.5. The van der Waals surface area contributed by atoms with E-state index in [0.717, 1.165) is 22.7 Å². The minimum Gasteiger partial charge on any atom is -0.497 e. The summed E-state index contributed by atoms with van der Waals surface area (Å²) in [6.07, 6.45) is 0. The van der Waals surface area contributed by atoms with Crippen molar-refractivity contribution in [1.82, 2.24) is 0 Å². The van der Waals surface area contributed by atoms with E-state index < -0.39 is 0 Å². The number of anilines is 1. The molecular formula is C17H21NO4. The molecule has 0 aliphatic heterocycles. The van der Waals surface area contributed by atoms with Gasteiger partial charge in [-0.05, 0) is 29.8 Å². The fourth-order valence-corrected chi connectivity index (χ4v) is 2.13. The standard InChI is InChI=1S/C17H21NO4/c1-19-13-6-7-14(16(10-13)21-3)18-11-12-5-8-15(20-2)17(9-12)22-4/h5-10,18H,11H2,1-4H3. The minimum absolute atomic E-state index is 0.642. The van der Waals surface area contributed by atoms with E-state index in [0.29, 0.717) is 18.0 Å². The van der Waals surface area contributed by atoms with Crippen LogP contribution in [0.1, 0.15) is 5.56 Å². The highest BCUT2D eigenvalue weighted by Gasteiger charge is 2.07. The Balaban J connectivity index is 2.13. The molecule has 0 heterocycles. The summed E-state index contributed by atoms with van der Waals surface area (Å²) in [7, 11) is 6.52. The highest BCUT2D eigenvalue weighted by atomic mass is 16.5. The van der Waals surface area contributed by atoms with Gasteiger partial charge in [-0.3, -0.25) is 0 Å². The molecule has 0 fully saturated rings. The molecule has 0 bridgehead atoms. The van der Waals surface area contributed by atoms with Crippen molar-refractivity contribution in [2.75, 3.05) is 33.8 Å². The van der Waals surface area contributed by atoms with Crippen LogP contribution in [-0.4, -0.2) is 28.4 Å². The lowest BCUT2D eigenvalue weighted by molar-refractivity contribution is 0.354. The van der Waals surface area contributed by atoms with Crippen LogP contribution >= 0.6 is 0 Å². The largest absolute Gasteiger partial charge is 0.497 e. The molecule has 2 aromatic carbocycles. The summed E-state index contributed by atoms with van der Waals surface area (Å²) in [6.45, 7) is 0.642. The predicted molar refractivity (Wildman–Crippen MR) is 86.4 cm³/mol. The maximum absolute atomic E-state index is 5.37. The number of benzene rings is 2. The highest BCUT2D eigenvalue weighted by molar-refractivity contribution is 5.59. The Morgan fingerprint density at radius 3 is 2.09 bits per heavy atom. The lowest BCUT2D eigenvalue weighted by Crippen LogP contribution is -2.02. The van der Waals surface area contributed by atoms with Gasteiger partial charge in [-0.25, -0.2) is 0 Å². The van der Waals surface area contributed by atoms with Crippen molar-refractivity contribution in [2.45, 2.75) is 6.54 Å². The van der Waals surface area contributed by atoms with E-state index >= 15 is 0 Å². The van der Waals surface area contributed by atoms with Crippen LogP contribution in [0.25, 0.3) is 0 Å². The zero-order chi connectivity index (χ0) is 15.9. The molecule has 0 unspecified atom stereocenters. The second-order valence-electron chi connectivity index (χ2n) is 4.61. The molecular weight excluding hydrogens is 282 g/mol. The summed E-state index contributed by atoms with van der Waals surface area (Å²) >= 11 is 0. The molecule has 2 aromatic rings. The first kappa shape index (κ1) is 15.8. The van der Waals surface area contributed by atoms with Crippen LogP contribution in [0.5, 0.6) is 23.0 Å². The third kappa shape index (κ3) is 3.55. The topological polar surface area (TPSA) is 49.0 Å². The first-order valence-electron chi connectivity index (χ1n) is 6.88. The molecule has 0 saturated carbocycles. The molecule has 5 nitrogen and oxygen atoms in total. The van der Waals surface area contributed by atoms with Gasteiger partial charge in [0.15, 0.2) is 11.5 Å². The number of methoxy groups -OCH3 is 4. The average Bonchev–Trinajstić information content (AvgIpc) is 2.59. The number of rotatable bonds is 7. The summed E-state index contributed by atoms with van der Waals surface area (Å²) in [5.74, 6) is 2.92. The van der Waals surface area contributed by atoms with Crippen LogP contribution in [-0.2, 0) is 6.54 Å². The molecule has 118 valence electrons. The normalized spacial score (nSPS) is 10.0. The fourth-order valence-electron chi connectivity index (χ4n) is 2.13. The van der Waals surface area contributed by atoms with E-state index in [4.69, 9.17) is 18.9 Å². The van der Waals surface area contributed by atoms with Crippen LogP contribution in [0.4, 0.5) is 5.69 Å². The average molecular weight is 303 g/mol. The Morgan fingerprint density at radius 2 is 1.45 bits per heavy atom. The summed E-state index contributed by atoms with van der Waals surface area (Å²) in [4.78, 5) is 0. The Labute approximate surface area is 130 Å². The molecule has 0 saturated heterocycles. The van der Waals surface area contributed by atoms with Crippen molar-refractivity contribution in [3.8, 4) is 23.0 Å². The quantitative estimate of drug-likeness (QED) is 0.850. The molecule has 5 heteroatoms. The number of hydrogen-bond acceptors (Lipinski definition) is 5. The lowest BCUT2D eigenvalue weighted by atomic mass is 10.2. The molecule has 0 aromatic heterocycles. The van der Waals surface area contributed by atoms with Gasteiger partial charge in [-0.2, -0.15) is 0 Å². The molecule has 1 N–H and O–H groups in total. The third-order valence-electron chi connectivity index (χ3n) is 3.34. The molecule has 0 spiro atoms. The van der Waals surface area contributed by atoms with E-state index in [-0.39, 0.29) is 0 Å². The number of hydrogen-bond donors (Lipinski definition) is 1. The van der Waals surface area contributed by atoms with Gasteiger partial charge in [0.25, 0.3) is 0 Å². The Bertz CT molecular complexity index is 628. The smallest absolute Gasteiger partial charge is 0.161 e. The van der Waals surface area contributed by atoms with E-state index in [1.807, 2.05) is 36.4 Å². The molecule has 0 aliphatic carbocycles. The summed E-state index contributed by atoms with van der Waals surface area (Å²) in [5, 5.41) is 3.34. The Morgan fingerprint density at radius 1 is 0.727 bits per heavy atom. The fraction of sp³-hybridized carbons (Fsp3) is 0.294. The Hall–Kier alpha value is -2.56. The molecule has 22 heavy (non-hydrogen) atoms. The first-order valence-corrected chi connectivity index (χ1v) is 6.88. The van der Waals surface area contributed by atoms with Crippen LogP contribution < -0.4 is 24.3 Å². The molecule has 0 atom stereocenters. The zero-order valence-corrected chi connectivity index (χ0v) is 13.3. The third-order valence-corrected chi connectivity index (χ3v) is 3.34. The number of ether oxygens (including phenoxy) is 4. The molecule has 0 aliphatic rings. The minimum atomic E-state index is 0.642. The zero-order valence-electron chi connectivity index (χ0n) is 13.3. The maximum Gasteiger partial charge on any atom is 0.161 e. The van der Waals surface area contributed by atoms with E-state index in [1.165, 1.54) is 0 Å². The van der Waals surface area contributed by atoms with Crippen molar-refractivity contribution >= 4 is 5.69 Å². The van der Waals surface area contributed by atoms with E-state index in [1.54, 1.807) is 28.4 Å². The van der Waals surface area contributed by atoms with Gasteiger partial charge < -0.3 is 24.3 Å². The van der Waals surface area contributed by atoms with E-state index in [9.17, 15) is 0 Å².